The molecule has 6 rings (SSSR count). The number of nitrogens with zero attached hydrogens (tertiary/aromatic N) is 1. The third-order valence-electron chi connectivity index (χ3n) is 7.49. The predicted molar refractivity (Wildman–Crippen MR) is 176 cm³/mol. The van der Waals surface area contributed by atoms with Crippen LogP contribution in [-0.4, -0.2) is 19.5 Å². The molecule has 0 amide bonds. The molecule has 0 radical (unpaired) electrons. The van der Waals surface area contributed by atoms with Gasteiger partial charge in [-0.2, -0.15) is 0 Å². The van der Waals surface area contributed by atoms with Crippen LogP contribution in [0.2, 0.25) is 0 Å². The van der Waals surface area contributed by atoms with Crippen LogP contribution in [0.15, 0.2) is 146 Å². The zero-order chi connectivity index (χ0) is 29.3. The summed E-state index contributed by atoms with van der Waals surface area (Å²) in [6.07, 6.45) is 5.51. The molecule has 1 aliphatic heterocycles. The molecule has 1 saturated heterocycles. The second-order valence-corrected chi connectivity index (χ2v) is 10.4. The molecule has 0 saturated carbocycles. The number of hydrogen-bond acceptors (Lipinski definition) is 4. The van der Waals surface area contributed by atoms with Crippen molar-refractivity contribution in [3.63, 3.8) is 0 Å². The standard InChI is InChI=1S/C39H35NO3/c1-2-41-37-23-17-33(18-24-37)38(32-9-5-3-6-10-32)29-31-15-21-36(22-16-31)40(34-11-7-4-8-12-34)35-19-13-30(14-20-35)25-27-42-39-26-28-43-39/h2-24,29,39H,1,25-28H2. The Balaban J connectivity index is 1.27. The normalized spacial score (nSPS) is 14.5. The third kappa shape index (κ3) is 7.12. The first-order valence-electron chi connectivity index (χ1n) is 14.7. The SMILES string of the molecule is C=COc1ccc(C(=Cc2ccc(N(c3ccccc3)c3ccc(CCOC4CCO4)cc3)cc2)c2ccccc2)cc1. The van der Waals surface area contributed by atoms with Crippen LogP contribution in [0.4, 0.5) is 17.1 Å². The van der Waals surface area contributed by atoms with Crippen molar-refractivity contribution in [2.75, 3.05) is 18.1 Å². The summed E-state index contributed by atoms with van der Waals surface area (Å²) in [4.78, 5) is 2.28. The van der Waals surface area contributed by atoms with Gasteiger partial charge in [0.05, 0.1) is 19.5 Å². The van der Waals surface area contributed by atoms with E-state index in [0.29, 0.717) is 6.61 Å². The zero-order valence-electron chi connectivity index (χ0n) is 24.1. The maximum absolute atomic E-state index is 5.76. The van der Waals surface area contributed by atoms with Crippen molar-refractivity contribution >= 4 is 28.7 Å². The van der Waals surface area contributed by atoms with E-state index >= 15 is 0 Å². The summed E-state index contributed by atoms with van der Waals surface area (Å²) in [5.74, 6) is 0.765. The monoisotopic (exact) mass is 565 g/mol. The Kier molecular flexibility index (Phi) is 9.09. The summed E-state index contributed by atoms with van der Waals surface area (Å²) >= 11 is 0. The topological polar surface area (TPSA) is 30.9 Å². The molecule has 1 aliphatic rings. The van der Waals surface area contributed by atoms with E-state index in [1.807, 2.05) is 24.3 Å². The van der Waals surface area contributed by atoms with Gasteiger partial charge in [0.15, 0.2) is 6.29 Å². The van der Waals surface area contributed by atoms with E-state index in [1.54, 1.807) is 0 Å². The molecule has 214 valence electrons. The van der Waals surface area contributed by atoms with E-state index in [2.05, 4.69) is 127 Å². The average Bonchev–Trinajstić information content (AvgIpc) is 3.04. The quantitative estimate of drug-likeness (QED) is 0.111. The summed E-state index contributed by atoms with van der Waals surface area (Å²) in [5.41, 5.74) is 9.07. The van der Waals surface area contributed by atoms with Gasteiger partial charge in [0.2, 0.25) is 0 Å². The van der Waals surface area contributed by atoms with Crippen molar-refractivity contribution in [3.8, 4) is 5.75 Å². The van der Waals surface area contributed by atoms with E-state index in [4.69, 9.17) is 14.2 Å². The van der Waals surface area contributed by atoms with Crippen LogP contribution < -0.4 is 9.64 Å². The number of ether oxygens (including phenoxy) is 3. The molecule has 1 heterocycles. The molecule has 4 nitrogen and oxygen atoms in total. The van der Waals surface area contributed by atoms with Crippen molar-refractivity contribution in [2.24, 2.45) is 0 Å². The molecule has 1 unspecified atom stereocenters. The lowest BCUT2D eigenvalue weighted by atomic mass is 9.95. The summed E-state index contributed by atoms with van der Waals surface area (Å²) < 4.78 is 16.6. The second kappa shape index (κ2) is 13.8. The van der Waals surface area contributed by atoms with E-state index in [0.717, 1.165) is 64.5 Å². The lowest BCUT2D eigenvalue weighted by Crippen LogP contribution is -2.30. The third-order valence-corrected chi connectivity index (χ3v) is 7.49. The summed E-state index contributed by atoms with van der Waals surface area (Å²) in [5, 5.41) is 0. The number of anilines is 3. The van der Waals surface area contributed by atoms with E-state index < -0.39 is 0 Å². The van der Waals surface area contributed by atoms with Crippen LogP contribution in [-0.2, 0) is 15.9 Å². The van der Waals surface area contributed by atoms with Crippen molar-refractivity contribution in [3.05, 3.63) is 169 Å². The smallest absolute Gasteiger partial charge is 0.159 e. The Hall–Kier alpha value is -4.90. The molecular weight excluding hydrogens is 530 g/mol. The maximum atomic E-state index is 5.76. The molecule has 1 fully saturated rings. The second-order valence-electron chi connectivity index (χ2n) is 10.4. The van der Waals surface area contributed by atoms with Gasteiger partial charge in [-0.3, -0.25) is 0 Å². The first-order valence-corrected chi connectivity index (χ1v) is 14.7. The van der Waals surface area contributed by atoms with Crippen molar-refractivity contribution in [1.82, 2.24) is 0 Å². The maximum Gasteiger partial charge on any atom is 0.159 e. The van der Waals surface area contributed by atoms with Gasteiger partial charge in [-0.05, 0) is 88.9 Å². The summed E-state index contributed by atoms with van der Waals surface area (Å²) in [6, 6.07) is 46.5. The van der Waals surface area contributed by atoms with E-state index in [-0.39, 0.29) is 6.29 Å². The fourth-order valence-corrected chi connectivity index (χ4v) is 5.14. The van der Waals surface area contributed by atoms with Gasteiger partial charge in [-0.25, -0.2) is 0 Å². The Morgan fingerprint density at radius 3 is 1.91 bits per heavy atom. The fourth-order valence-electron chi connectivity index (χ4n) is 5.14. The van der Waals surface area contributed by atoms with Crippen molar-refractivity contribution < 1.29 is 14.2 Å². The summed E-state index contributed by atoms with van der Waals surface area (Å²) in [7, 11) is 0. The Morgan fingerprint density at radius 2 is 1.30 bits per heavy atom. The minimum Gasteiger partial charge on any atom is -0.466 e. The van der Waals surface area contributed by atoms with Gasteiger partial charge in [0, 0.05) is 23.5 Å². The molecule has 0 bridgehead atoms. The van der Waals surface area contributed by atoms with Crippen LogP contribution in [0.1, 0.15) is 28.7 Å². The lowest BCUT2D eigenvalue weighted by Gasteiger charge is -2.26. The number of hydrogen-bond donors (Lipinski definition) is 0. The molecule has 0 aliphatic carbocycles. The summed E-state index contributed by atoms with van der Waals surface area (Å²) in [6.45, 7) is 5.13. The van der Waals surface area contributed by atoms with Gasteiger partial charge in [0.25, 0.3) is 0 Å². The van der Waals surface area contributed by atoms with Gasteiger partial charge in [-0.1, -0.05) is 91.5 Å². The minimum atomic E-state index is -0.0214. The number of para-hydroxylation sites is 1. The van der Waals surface area contributed by atoms with Gasteiger partial charge < -0.3 is 19.1 Å². The lowest BCUT2D eigenvalue weighted by molar-refractivity contribution is -0.214. The molecule has 0 aromatic heterocycles. The van der Waals surface area contributed by atoms with Crippen LogP contribution >= 0.6 is 0 Å². The van der Waals surface area contributed by atoms with Gasteiger partial charge >= 0.3 is 0 Å². The fraction of sp³-hybridized carbons (Fsp3) is 0.128. The van der Waals surface area contributed by atoms with Crippen LogP contribution in [0, 0.1) is 0 Å². The molecule has 4 heteroatoms. The highest BCUT2D eigenvalue weighted by atomic mass is 16.7. The highest BCUT2D eigenvalue weighted by molar-refractivity contribution is 5.92. The highest BCUT2D eigenvalue weighted by Crippen LogP contribution is 2.35. The zero-order valence-corrected chi connectivity index (χ0v) is 24.1. The molecule has 0 N–H and O–H groups in total. The first-order chi connectivity index (χ1) is 21.3. The largest absolute Gasteiger partial charge is 0.466 e. The first kappa shape index (κ1) is 28.2. The van der Waals surface area contributed by atoms with E-state index in [1.165, 1.54) is 11.8 Å². The van der Waals surface area contributed by atoms with Gasteiger partial charge in [-0.15, -0.1) is 0 Å². The molecule has 5 aromatic carbocycles. The molecule has 5 aromatic rings. The molecular formula is C39H35NO3. The highest BCUT2D eigenvalue weighted by Gasteiger charge is 2.18. The average molecular weight is 566 g/mol. The van der Waals surface area contributed by atoms with Crippen molar-refractivity contribution in [1.29, 1.82) is 0 Å². The van der Waals surface area contributed by atoms with Gasteiger partial charge in [0.1, 0.15) is 5.75 Å². The molecule has 0 spiro atoms. The van der Waals surface area contributed by atoms with E-state index in [9.17, 15) is 0 Å². The molecule has 1 atom stereocenters. The predicted octanol–water partition coefficient (Wildman–Crippen LogP) is 9.57. The Morgan fingerprint density at radius 1 is 0.721 bits per heavy atom. The Bertz CT molecular complexity index is 1620. The van der Waals surface area contributed by atoms with Crippen LogP contribution in [0.5, 0.6) is 5.75 Å². The molecule has 43 heavy (non-hydrogen) atoms. The van der Waals surface area contributed by atoms with Crippen LogP contribution in [0.3, 0.4) is 0 Å². The minimum absolute atomic E-state index is 0.0214. The Labute approximate surface area is 254 Å². The van der Waals surface area contributed by atoms with Crippen molar-refractivity contribution in [2.45, 2.75) is 19.1 Å². The van der Waals surface area contributed by atoms with Crippen LogP contribution in [0.25, 0.3) is 11.6 Å². The number of benzene rings is 5. The number of rotatable bonds is 12.